The Kier molecular flexibility index (Phi) is 6.95. The van der Waals surface area contributed by atoms with E-state index in [0.717, 1.165) is 69.2 Å². The maximum Gasteiger partial charge on any atom is 0.341 e. The average Bonchev–Trinajstić information content (AvgIpc) is 3.42. The lowest BCUT2D eigenvalue weighted by atomic mass is 10.1. The lowest BCUT2D eigenvalue weighted by Gasteiger charge is -2.26. The number of pyridine rings is 1. The summed E-state index contributed by atoms with van der Waals surface area (Å²) in [5, 5.41) is 13.0. The van der Waals surface area contributed by atoms with Crippen LogP contribution >= 0.6 is 0 Å². The van der Waals surface area contributed by atoms with Crippen molar-refractivity contribution in [2.24, 2.45) is 0 Å². The first-order valence-corrected chi connectivity index (χ1v) is 13.1. The fourth-order valence-corrected chi connectivity index (χ4v) is 5.14. The van der Waals surface area contributed by atoms with E-state index in [9.17, 15) is 14.7 Å². The number of nitrogens with one attached hydrogen (secondary N) is 1. The van der Waals surface area contributed by atoms with Gasteiger partial charge in [-0.05, 0) is 54.7 Å². The van der Waals surface area contributed by atoms with Crippen molar-refractivity contribution < 1.29 is 19.4 Å². The van der Waals surface area contributed by atoms with E-state index in [-0.39, 0.29) is 16.9 Å². The van der Waals surface area contributed by atoms with Crippen LogP contribution in [0.4, 0.5) is 11.6 Å². The van der Waals surface area contributed by atoms with Gasteiger partial charge in [0.2, 0.25) is 11.4 Å². The second kappa shape index (κ2) is 10.8. The SMILES string of the molecule is O=C(O)c1cn(-c2ccc3c(c2)CCC3)c2nc(Nc3cccc(OCCN4CCOCC4)c3)ncc2c1=O. The molecule has 1 fully saturated rings. The molecule has 6 rings (SSSR count). The molecule has 1 saturated heterocycles. The first-order valence-electron chi connectivity index (χ1n) is 13.1. The molecule has 2 N–H and O–H groups in total. The van der Waals surface area contributed by atoms with Crippen molar-refractivity contribution in [2.45, 2.75) is 19.3 Å². The average molecular weight is 528 g/mol. The van der Waals surface area contributed by atoms with E-state index in [4.69, 9.17) is 9.47 Å². The molecule has 0 amide bonds. The van der Waals surface area contributed by atoms with Crippen LogP contribution in [0.5, 0.6) is 5.75 Å². The Bertz CT molecular complexity index is 1600. The van der Waals surface area contributed by atoms with Crippen molar-refractivity contribution in [1.29, 1.82) is 0 Å². The lowest BCUT2D eigenvalue weighted by Crippen LogP contribution is -2.38. The highest BCUT2D eigenvalue weighted by Crippen LogP contribution is 2.27. The Hall–Kier alpha value is -4.28. The van der Waals surface area contributed by atoms with Gasteiger partial charge in [0, 0.05) is 49.5 Å². The molecule has 0 spiro atoms. The van der Waals surface area contributed by atoms with Gasteiger partial charge in [-0.2, -0.15) is 4.98 Å². The molecule has 4 aromatic rings. The number of benzene rings is 2. The molecule has 0 unspecified atom stereocenters. The molecule has 0 bridgehead atoms. The summed E-state index contributed by atoms with van der Waals surface area (Å²) in [6.07, 6.45) is 5.83. The molecule has 200 valence electrons. The van der Waals surface area contributed by atoms with Crippen LogP contribution in [0.25, 0.3) is 16.7 Å². The highest BCUT2D eigenvalue weighted by molar-refractivity contribution is 5.92. The van der Waals surface area contributed by atoms with E-state index in [1.54, 1.807) is 4.57 Å². The number of ether oxygens (including phenoxy) is 2. The first-order chi connectivity index (χ1) is 19.0. The molecular weight excluding hydrogens is 498 g/mol. The molecule has 10 nitrogen and oxygen atoms in total. The molecule has 0 atom stereocenters. The number of morpholine rings is 1. The lowest BCUT2D eigenvalue weighted by molar-refractivity contribution is 0.0322. The summed E-state index contributed by atoms with van der Waals surface area (Å²) in [7, 11) is 0. The van der Waals surface area contributed by atoms with E-state index in [1.807, 2.05) is 36.4 Å². The van der Waals surface area contributed by atoms with Gasteiger partial charge in [0.15, 0.2) is 5.65 Å². The minimum absolute atomic E-state index is 0.140. The zero-order valence-corrected chi connectivity index (χ0v) is 21.4. The van der Waals surface area contributed by atoms with Gasteiger partial charge in [-0.15, -0.1) is 0 Å². The van der Waals surface area contributed by atoms with E-state index >= 15 is 0 Å². The summed E-state index contributed by atoms with van der Waals surface area (Å²) in [4.78, 5) is 36.1. The first kappa shape index (κ1) is 25.0. The third kappa shape index (κ3) is 5.34. The predicted octanol–water partition coefficient (Wildman–Crippen LogP) is 3.42. The highest BCUT2D eigenvalue weighted by Gasteiger charge is 2.19. The minimum atomic E-state index is -1.29. The molecule has 10 heteroatoms. The maximum atomic E-state index is 12.9. The minimum Gasteiger partial charge on any atom is -0.492 e. The summed E-state index contributed by atoms with van der Waals surface area (Å²) in [5.74, 6) is -0.287. The van der Waals surface area contributed by atoms with Crippen LogP contribution < -0.4 is 15.5 Å². The fraction of sp³-hybridized carbons (Fsp3) is 0.310. The van der Waals surface area contributed by atoms with E-state index in [1.165, 1.54) is 23.5 Å². The number of anilines is 2. The number of fused-ring (bicyclic) bond motifs is 2. The monoisotopic (exact) mass is 527 g/mol. The second-order valence-electron chi connectivity index (χ2n) is 9.74. The van der Waals surface area contributed by atoms with Gasteiger partial charge in [0.25, 0.3) is 0 Å². The van der Waals surface area contributed by atoms with Crippen molar-refractivity contribution >= 4 is 28.6 Å². The van der Waals surface area contributed by atoms with Crippen molar-refractivity contribution in [3.63, 3.8) is 0 Å². The van der Waals surface area contributed by atoms with Gasteiger partial charge >= 0.3 is 5.97 Å². The number of rotatable bonds is 8. The van der Waals surface area contributed by atoms with Crippen LogP contribution in [-0.2, 0) is 17.6 Å². The maximum absolute atomic E-state index is 12.9. The molecule has 2 aliphatic rings. The number of hydrogen-bond acceptors (Lipinski definition) is 8. The van der Waals surface area contributed by atoms with Crippen molar-refractivity contribution in [1.82, 2.24) is 19.4 Å². The Balaban J connectivity index is 1.28. The quantitative estimate of drug-likeness (QED) is 0.355. The van der Waals surface area contributed by atoms with Crippen molar-refractivity contribution in [3.8, 4) is 11.4 Å². The van der Waals surface area contributed by atoms with Crippen LogP contribution in [0.1, 0.15) is 27.9 Å². The highest BCUT2D eigenvalue weighted by atomic mass is 16.5. The second-order valence-corrected chi connectivity index (χ2v) is 9.74. The third-order valence-corrected chi connectivity index (χ3v) is 7.21. The molecule has 0 saturated carbocycles. The fourth-order valence-electron chi connectivity index (χ4n) is 5.14. The number of aromatic nitrogens is 3. The van der Waals surface area contributed by atoms with Gasteiger partial charge in [-0.1, -0.05) is 12.1 Å². The predicted molar refractivity (Wildman–Crippen MR) is 147 cm³/mol. The summed E-state index contributed by atoms with van der Waals surface area (Å²) in [6.45, 7) is 4.72. The summed E-state index contributed by atoms with van der Waals surface area (Å²) in [6, 6.07) is 13.6. The Labute approximate surface area is 224 Å². The molecule has 1 aliphatic heterocycles. The van der Waals surface area contributed by atoms with E-state index in [0.29, 0.717) is 12.3 Å². The van der Waals surface area contributed by atoms with Crippen LogP contribution in [-0.4, -0.2) is 70.0 Å². The summed E-state index contributed by atoms with van der Waals surface area (Å²) < 4.78 is 13.0. The Morgan fingerprint density at radius 1 is 1.10 bits per heavy atom. The number of aromatic carboxylic acids is 1. The number of aryl methyl sites for hydroxylation is 2. The number of carboxylic acids is 1. The number of carbonyl (C=O) groups is 1. The van der Waals surface area contributed by atoms with Gasteiger partial charge in [-0.3, -0.25) is 9.69 Å². The van der Waals surface area contributed by atoms with Crippen LogP contribution in [0, 0.1) is 0 Å². The van der Waals surface area contributed by atoms with Gasteiger partial charge in [0.05, 0.1) is 18.6 Å². The Morgan fingerprint density at radius 3 is 2.79 bits per heavy atom. The van der Waals surface area contributed by atoms with E-state index in [2.05, 4.69) is 26.3 Å². The zero-order chi connectivity index (χ0) is 26.8. The largest absolute Gasteiger partial charge is 0.492 e. The zero-order valence-electron chi connectivity index (χ0n) is 21.4. The molecule has 3 heterocycles. The number of hydrogen-bond donors (Lipinski definition) is 2. The van der Waals surface area contributed by atoms with Crippen LogP contribution in [0.2, 0.25) is 0 Å². The topological polar surface area (TPSA) is 119 Å². The normalized spacial score (nSPS) is 15.3. The summed E-state index contributed by atoms with van der Waals surface area (Å²) >= 11 is 0. The molecule has 39 heavy (non-hydrogen) atoms. The third-order valence-electron chi connectivity index (χ3n) is 7.21. The van der Waals surface area contributed by atoms with Crippen molar-refractivity contribution in [2.75, 3.05) is 44.8 Å². The number of carboxylic acid groups (broad SMARTS) is 1. The van der Waals surface area contributed by atoms with Gasteiger partial charge in [-0.25, -0.2) is 9.78 Å². The van der Waals surface area contributed by atoms with Gasteiger partial charge < -0.3 is 24.5 Å². The summed E-state index contributed by atoms with van der Waals surface area (Å²) in [5.41, 5.74) is 3.40. The van der Waals surface area contributed by atoms with Crippen LogP contribution in [0.15, 0.2) is 59.7 Å². The molecule has 2 aromatic heterocycles. The molecule has 0 radical (unpaired) electrons. The number of nitrogens with zero attached hydrogens (tertiary/aromatic N) is 4. The standard InChI is InChI=1S/C29H29N5O5/c35-26-24-17-30-29(31-21-5-2-6-23(16-21)39-14-11-33-9-12-38-13-10-33)32-27(24)34(18-25(26)28(36)37)22-8-7-19-3-1-4-20(19)15-22/h2,5-8,15-18H,1,3-4,9-14H2,(H,36,37)(H,30,31,32). The van der Waals surface area contributed by atoms with Crippen LogP contribution in [0.3, 0.4) is 0 Å². The molecular formula is C29H29N5O5. The molecule has 1 aliphatic carbocycles. The van der Waals surface area contributed by atoms with Gasteiger partial charge in [0.1, 0.15) is 17.9 Å². The van der Waals surface area contributed by atoms with E-state index < -0.39 is 11.4 Å². The molecule has 2 aromatic carbocycles. The Morgan fingerprint density at radius 2 is 1.95 bits per heavy atom. The smallest absolute Gasteiger partial charge is 0.341 e. The van der Waals surface area contributed by atoms with Crippen molar-refractivity contribution in [3.05, 3.63) is 81.8 Å².